The third-order valence-corrected chi connectivity index (χ3v) is 8.29. The number of allylic oxidation sites excluding steroid dienone is 5. The molecule has 10 nitrogen and oxygen atoms in total. The maximum absolute atomic E-state index is 12.9. The van der Waals surface area contributed by atoms with Crippen molar-refractivity contribution in [1.82, 2.24) is 19.9 Å². The zero-order valence-corrected chi connectivity index (χ0v) is 24.6. The summed E-state index contributed by atoms with van der Waals surface area (Å²) >= 11 is 0. The van der Waals surface area contributed by atoms with Gasteiger partial charge in [-0.05, 0) is 92.1 Å². The molecule has 0 aromatic carbocycles. The van der Waals surface area contributed by atoms with Crippen LogP contribution in [0.2, 0.25) is 0 Å². The second-order valence-electron chi connectivity index (χ2n) is 10.7. The number of rotatable bonds is 7. The van der Waals surface area contributed by atoms with Crippen LogP contribution in [0, 0.1) is 13.8 Å². The van der Waals surface area contributed by atoms with Crippen LogP contribution in [-0.4, -0.2) is 53.2 Å². The van der Waals surface area contributed by atoms with Gasteiger partial charge < -0.3 is 25.3 Å². The van der Waals surface area contributed by atoms with Crippen LogP contribution >= 0.6 is 0 Å². The Morgan fingerprint density at radius 1 is 0.814 bits per heavy atom. The predicted octanol–water partition coefficient (Wildman–Crippen LogP) is 6.80. The second kappa shape index (κ2) is 10.9. The van der Waals surface area contributed by atoms with Gasteiger partial charge in [0.15, 0.2) is 0 Å². The summed E-state index contributed by atoms with van der Waals surface area (Å²) in [5.41, 5.74) is 8.49. The molecule has 0 aliphatic carbocycles. The monoisotopic (exact) mass is 580 g/mol. The van der Waals surface area contributed by atoms with Gasteiger partial charge in [-0.15, -0.1) is 0 Å². The first-order chi connectivity index (χ1) is 20.4. The summed E-state index contributed by atoms with van der Waals surface area (Å²) in [6.07, 6.45) is 2.23. The van der Waals surface area contributed by atoms with Crippen molar-refractivity contribution in [3.8, 4) is 0 Å². The molecule has 5 rings (SSSR count). The van der Waals surface area contributed by atoms with Gasteiger partial charge in [0.05, 0.1) is 39.4 Å². The van der Waals surface area contributed by atoms with Crippen LogP contribution in [0.1, 0.15) is 93.8 Å². The highest BCUT2D eigenvalue weighted by molar-refractivity contribution is 6.07. The summed E-state index contributed by atoms with van der Waals surface area (Å²) in [5, 5.41) is 30.1. The first kappa shape index (κ1) is 29.2. The maximum atomic E-state index is 12.9. The molecule has 10 heteroatoms. The number of fused-ring (bicyclic) bond motifs is 8. The standard InChI is InChI=1S/C33H32N4O6/c1-7-18-14(3)21-11-24-19(8-2)15(4)30(36-24)29(33(42)43)31-16(5)20(9-10-27(38)39)25(37-31)13-26-28(32(40)41)17(6)22(35-26)12-23(18)34-21/h8,11-13,35,37H,2,7,9-10H2,1,3-6H3,(H,38,39)(H,40,41)(H,42,43). The number of nitrogens with zero attached hydrogens (tertiary/aromatic N) is 2. The van der Waals surface area contributed by atoms with Crippen LogP contribution in [0.5, 0.6) is 0 Å². The molecule has 0 unspecified atom stereocenters. The molecule has 0 saturated carbocycles. The Hall–Kier alpha value is -5.25. The Labute approximate surface area is 247 Å². The van der Waals surface area contributed by atoms with E-state index in [1.165, 1.54) is 0 Å². The second-order valence-corrected chi connectivity index (χ2v) is 10.7. The van der Waals surface area contributed by atoms with E-state index in [0.29, 0.717) is 62.4 Å². The number of aromatic nitrogens is 4. The number of H-pyrrole nitrogens is 2. The maximum Gasteiger partial charge on any atom is 0.340 e. The van der Waals surface area contributed by atoms with Gasteiger partial charge >= 0.3 is 17.9 Å². The fourth-order valence-electron chi connectivity index (χ4n) is 6.02. The number of hydrogen-bond acceptors (Lipinski definition) is 5. The van der Waals surface area contributed by atoms with Crippen molar-refractivity contribution in [1.29, 1.82) is 0 Å². The van der Waals surface area contributed by atoms with Crippen LogP contribution in [0.4, 0.5) is 0 Å². The van der Waals surface area contributed by atoms with E-state index in [4.69, 9.17) is 9.97 Å². The minimum absolute atomic E-state index is 0.0532. The molecular weight excluding hydrogens is 548 g/mol. The lowest BCUT2D eigenvalue weighted by atomic mass is 10.00. The van der Waals surface area contributed by atoms with E-state index in [-0.39, 0.29) is 40.7 Å². The summed E-state index contributed by atoms with van der Waals surface area (Å²) in [7, 11) is 0. The van der Waals surface area contributed by atoms with Crippen LogP contribution in [0.25, 0.3) is 44.4 Å². The molecular formula is C33H32N4O6. The Bertz CT molecular complexity index is 2000. The first-order valence-electron chi connectivity index (χ1n) is 13.9. The van der Waals surface area contributed by atoms with E-state index < -0.39 is 17.9 Å². The van der Waals surface area contributed by atoms with Gasteiger partial charge in [-0.3, -0.25) is 4.79 Å². The summed E-state index contributed by atoms with van der Waals surface area (Å²) < 4.78 is 0. The van der Waals surface area contributed by atoms with Gasteiger partial charge in [0, 0.05) is 23.0 Å². The molecule has 3 aromatic heterocycles. The minimum atomic E-state index is -1.22. The van der Waals surface area contributed by atoms with E-state index in [2.05, 4.69) is 16.5 Å². The van der Waals surface area contributed by atoms with Crippen molar-refractivity contribution in [3.05, 3.63) is 81.4 Å². The Balaban J connectivity index is 2.08. The van der Waals surface area contributed by atoms with Crippen LogP contribution in [0.15, 0.2) is 30.9 Å². The SMILES string of the molecule is C=CC1=C(C)c2nc1cc1nc(cc3[nH]c(cc4[nH]c(c(C)c4CCC(=O)O)c2C(=O)O)c(C(=O)O)c3C)C(CC)=C1C. The highest BCUT2D eigenvalue weighted by Crippen LogP contribution is 2.38. The molecule has 3 aromatic rings. The van der Waals surface area contributed by atoms with Crippen molar-refractivity contribution in [3.63, 3.8) is 0 Å². The van der Waals surface area contributed by atoms with Crippen LogP contribution < -0.4 is 0 Å². The zero-order chi connectivity index (χ0) is 31.3. The molecule has 2 aliphatic rings. The van der Waals surface area contributed by atoms with E-state index in [1.54, 1.807) is 32.9 Å². The number of hydrogen-bond donors (Lipinski definition) is 5. The highest BCUT2D eigenvalue weighted by Gasteiger charge is 2.26. The van der Waals surface area contributed by atoms with Gasteiger partial charge in [-0.1, -0.05) is 19.6 Å². The molecule has 5 heterocycles. The quantitative estimate of drug-likeness (QED) is 0.203. The number of aliphatic carboxylic acids is 1. The number of nitrogens with one attached hydrogen (secondary N) is 2. The molecule has 0 atom stereocenters. The molecule has 0 spiro atoms. The van der Waals surface area contributed by atoms with Crippen molar-refractivity contribution in [2.75, 3.05) is 0 Å². The summed E-state index contributed by atoms with van der Waals surface area (Å²) in [4.78, 5) is 52.9. The van der Waals surface area contributed by atoms with Gasteiger partial charge in [-0.2, -0.15) is 0 Å². The Morgan fingerprint density at radius 3 is 2.12 bits per heavy atom. The number of carboxylic acids is 3. The zero-order valence-electron chi connectivity index (χ0n) is 24.6. The highest BCUT2D eigenvalue weighted by atomic mass is 16.4. The minimum Gasteiger partial charge on any atom is -0.481 e. The van der Waals surface area contributed by atoms with Gasteiger partial charge in [0.1, 0.15) is 5.56 Å². The molecule has 43 heavy (non-hydrogen) atoms. The predicted molar refractivity (Wildman–Crippen MR) is 166 cm³/mol. The third-order valence-electron chi connectivity index (χ3n) is 8.29. The molecule has 0 saturated heterocycles. The Kier molecular flexibility index (Phi) is 7.39. The van der Waals surface area contributed by atoms with Gasteiger partial charge in [-0.25, -0.2) is 19.6 Å². The fourth-order valence-corrected chi connectivity index (χ4v) is 6.02. The van der Waals surface area contributed by atoms with Gasteiger partial charge in [0.2, 0.25) is 0 Å². The molecule has 5 N–H and O–H groups in total. The molecule has 0 amide bonds. The topological polar surface area (TPSA) is 169 Å². The number of aryl methyl sites for hydroxylation is 3. The first-order valence-corrected chi connectivity index (χ1v) is 13.9. The van der Waals surface area contributed by atoms with Crippen LogP contribution in [0.3, 0.4) is 0 Å². The lowest BCUT2D eigenvalue weighted by Gasteiger charge is -2.03. The summed E-state index contributed by atoms with van der Waals surface area (Å²) in [6.45, 7) is 13.2. The van der Waals surface area contributed by atoms with Crippen LogP contribution in [-0.2, 0) is 11.2 Å². The fraction of sp³-hybridized carbons (Fsp3) is 0.242. The average Bonchev–Trinajstić information content (AvgIpc) is 3.60. The number of carbonyl (C=O) groups is 3. The van der Waals surface area contributed by atoms with Crippen molar-refractivity contribution in [2.24, 2.45) is 0 Å². The molecule has 8 bridgehead atoms. The number of carboxylic acid groups (broad SMARTS) is 3. The van der Waals surface area contributed by atoms with E-state index in [1.807, 2.05) is 26.0 Å². The Morgan fingerprint density at radius 2 is 1.51 bits per heavy atom. The van der Waals surface area contributed by atoms with Crippen molar-refractivity contribution in [2.45, 2.75) is 53.9 Å². The molecule has 0 radical (unpaired) electrons. The molecule has 2 aliphatic heterocycles. The lowest BCUT2D eigenvalue weighted by Crippen LogP contribution is -2.03. The summed E-state index contributed by atoms with van der Waals surface area (Å²) in [6, 6.07) is 5.26. The smallest absolute Gasteiger partial charge is 0.340 e. The average molecular weight is 581 g/mol. The largest absolute Gasteiger partial charge is 0.481 e. The number of aromatic amines is 2. The van der Waals surface area contributed by atoms with E-state index in [9.17, 15) is 29.7 Å². The van der Waals surface area contributed by atoms with E-state index >= 15 is 0 Å². The van der Waals surface area contributed by atoms with Crippen molar-refractivity contribution < 1.29 is 29.7 Å². The summed E-state index contributed by atoms with van der Waals surface area (Å²) in [5.74, 6) is -3.37. The third kappa shape index (κ3) is 4.84. The number of aromatic carboxylic acids is 2. The molecule has 220 valence electrons. The lowest BCUT2D eigenvalue weighted by molar-refractivity contribution is -0.136. The van der Waals surface area contributed by atoms with E-state index in [0.717, 1.165) is 11.1 Å². The normalized spacial score (nSPS) is 13.0. The van der Waals surface area contributed by atoms with Crippen molar-refractivity contribution >= 4 is 62.3 Å². The van der Waals surface area contributed by atoms with Gasteiger partial charge in [0.25, 0.3) is 0 Å². The molecule has 0 fully saturated rings.